The molecule has 2 aromatic carbocycles. The standard InChI is InChI=1S/C25H30ClN3O7S/c1-34-22-8-7-18(25(31)36-17-24(30)27-16-21-6-3-13-35-21)14-23(22)37(32,33)29-11-9-28(10-12-29)20-5-2-4-19(26)15-20/h2,4-5,7-8,14-15,21H,3,6,9-13,16-17H2,1H3,(H,27,30)/t21-/m1/s1. The summed E-state index contributed by atoms with van der Waals surface area (Å²) in [5, 5.41) is 3.28. The van der Waals surface area contributed by atoms with Gasteiger partial charge in [-0.2, -0.15) is 4.31 Å². The summed E-state index contributed by atoms with van der Waals surface area (Å²) in [7, 11) is -2.61. The molecule has 4 rings (SSSR count). The zero-order chi connectivity index (χ0) is 26.4. The Kier molecular flexibility index (Phi) is 8.91. The zero-order valence-corrected chi connectivity index (χ0v) is 22.1. The summed E-state index contributed by atoms with van der Waals surface area (Å²) in [5.74, 6) is -1.15. The summed E-state index contributed by atoms with van der Waals surface area (Å²) in [6, 6.07) is 11.4. The molecule has 0 aromatic heterocycles. The molecule has 2 aliphatic heterocycles. The van der Waals surface area contributed by atoms with Crippen LogP contribution in [0, 0.1) is 0 Å². The Labute approximate surface area is 221 Å². The molecule has 0 radical (unpaired) electrons. The Balaban J connectivity index is 1.39. The normalized spacial score (nSPS) is 18.4. The van der Waals surface area contributed by atoms with Crippen LogP contribution in [-0.2, 0) is 24.3 Å². The number of hydrogen-bond donors (Lipinski definition) is 1. The van der Waals surface area contributed by atoms with E-state index in [0.29, 0.717) is 31.3 Å². The monoisotopic (exact) mass is 551 g/mol. The number of halogens is 1. The Morgan fingerprint density at radius 1 is 1.14 bits per heavy atom. The summed E-state index contributed by atoms with van der Waals surface area (Å²) >= 11 is 6.09. The second-order valence-corrected chi connectivity index (χ2v) is 11.1. The van der Waals surface area contributed by atoms with Crippen LogP contribution >= 0.6 is 11.6 Å². The van der Waals surface area contributed by atoms with E-state index >= 15 is 0 Å². The van der Waals surface area contributed by atoms with E-state index in [2.05, 4.69) is 10.2 Å². The van der Waals surface area contributed by atoms with Gasteiger partial charge in [-0.1, -0.05) is 17.7 Å². The molecule has 2 aliphatic rings. The van der Waals surface area contributed by atoms with E-state index in [-0.39, 0.29) is 35.4 Å². The van der Waals surface area contributed by atoms with Crippen LogP contribution in [0.4, 0.5) is 5.69 Å². The van der Waals surface area contributed by atoms with Crippen LogP contribution < -0.4 is 15.0 Å². The van der Waals surface area contributed by atoms with Crippen molar-refractivity contribution in [2.24, 2.45) is 0 Å². The number of ether oxygens (including phenoxy) is 3. The third kappa shape index (κ3) is 6.72. The van der Waals surface area contributed by atoms with Gasteiger partial charge in [0.1, 0.15) is 10.6 Å². The molecule has 1 N–H and O–H groups in total. The molecule has 10 nitrogen and oxygen atoms in total. The third-order valence-corrected chi connectivity index (χ3v) is 8.47. The van der Waals surface area contributed by atoms with E-state index in [1.807, 2.05) is 18.2 Å². The Morgan fingerprint density at radius 2 is 1.92 bits per heavy atom. The lowest BCUT2D eigenvalue weighted by Gasteiger charge is -2.35. The first kappa shape index (κ1) is 27.2. The number of nitrogens with zero attached hydrogens (tertiary/aromatic N) is 2. The lowest BCUT2D eigenvalue weighted by Crippen LogP contribution is -2.48. The van der Waals surface area contributed by atoms with Crippen LogP contribution in [0.15, 0.2) is 47.4 Å². The van der Waals surface area contributed by atoms with Gasteiger partial charge in [-0.15, -0.1) is 0 Å². The van der Waals surface area contributed by atoms with E-state index in [9.17, 15) is 18.0 Å². The predicted octanol–water partition coefficient (Wildman–Crippen LogP) is 2.31. The van der Waals surface area contributed by atoms with Crippen molar-refractivity contribution in [2.45, 2.75) is 23.8 Å². The smallest absolute Gasteiger partial charge is 0.338 e. The number of carbonyl (C=O) groups is 2. The largest absolute Gasteiger partial charge is 0.495 e. The van der Waals surface area contributed by atoms with Crippen molar-refractivity contribution in [1.29, 1.82) is 0 Å². The van der Waals surface area contributed by atoms with Crippen LogP contribution in [0.25, 0.3) is 0 Å². The lowest BCUT2D eigenvalue weighted by molar-refractivity contribution is -0.124. The van der Waals surface area contributed by atoms with Gasteiger partial charge in [0.15, 0.2) is 6.61 Å². The van der Waals surface area contributed by atoms with E-state index in [0.717, 1.165) is 18.5 Å². The quantitative estimate of drug-likeness (QED) is 0.472. The molecular weight excluding hydrogens is 522 g/mol. The van der Waals surface area contributed by atoms with Gasteiger partial charge < -0.3 is 24.4 Å². The second kappa shape index (κ2) is 12.1. The summed E-state index contributed by atoms with van der Waals surface area (Å²) in [6.45, 7) is 2.00. The number of anilines is 1. The molecule has 37 heavy (non-hydrogen) atoms. The number of hydrogen-bond acceptors (Lipinski definition) is 8. The molecule has 1 atom stereocenters. The number of sulfonamides is 1. The highest BCUT2D eigenvalue weighted by Crippen LogP contribution is 2.30. The summed E-state index contributed by atoms with van der Waals surface area (Å²) in [6.07, 6.45) is 1.80. The maximum atomic E-state index is 13.5. The number of piperazine rings is 1. The molecule has 0 aliphatic carbocycles. The highest BCUT2D eigenvalue weighted by Gasteiger charge is 2.32. The fourth-order valence-electron chi connectivity index (χ4n) is 4.30. The van der Waals surface area contributed by atoms with Gasteiger partial charge in [-0.05, 0) is 49.2 Å². The second-order valence-electron chi connectivity index (χ2n) is 8.75. The first-order valence-corrected chi connectivity index (χ1v) is 13.8. The molecule has 200 valence electrons. The Bertz CT molecular complexity index is 1230. The van der Waals surface area contributed by atoms with Crippen molar-refractivity contribution in [3.63, 3.8) is 0 Å². The first-order chi connectivity index (χ1) is 17.8. The minimum Gasteiger partial charge on any atom is -0.495 e. The van der Waals surface area contributed by atoms with Gasteiger partial charge in [-0.25, -0.2) is 13.2 Å². The van der Waals surface area contributed by atoms with Gasteiger partial charge in [0.05, 0.1) is 18.8 Å². The zero-order valence-electron chi connectivity index (χ0n) is 20.5. The molecule has 0 spiro atoms. The number of methoxy groups -OCH3 is 1. The molecule has 2 heterocycles. The average Bonchev–Trinajstić information content (AvgIpc) is 3.44. The van der Waals surface area contributed by atoms with Crippen LogP contribution in [-0.4, -0.2) is 83.8 Å². The van der Waals surface area contributed by atoms with Gasteiger partial charge in [0.2, 0.25) is 10.0 Å². The highest BCUT2D eigenvalue weighted by atomic mass is 35.5. The average molecular weight is 552 g/mol. The molecule has 2 aromatic rings. The molecule has 0 saturated carbocycles. The van der Waals surface area contributed by atoms with E-state index in [1.165, 1.54) is 29.6 Å². The summed E-state index contributed by atoms with van der Waals surface area (Å²) < 4.78 is 44.2. The van der Waals surface area contributed by atoms with Crippen molar-refractivity contribution >= 4 is 39.2 Å². The van der Waals surface area contributed by atoms with Crippen LogP contribution in [0.1, 0.15) is 23.2 Å². The fraction of sp³-hybridized carbons (Fsp3) is 0.440. The number of nitrogens with one attached hydrogen (secondary N) is 1. The first-order valence-electron chi connectivity index (χ1n) is 12.0. The van der Waals surface area contributed by atoms with Crippen molar-refractivity contribution in [1.82, 2.24) is 9.62 Å². The van der Waals surface area contributed by atoms with Crippen molar-refractivity contribution in [2.75, 3.05) is 57.9 Å². The number of amides is 1. The fourth-order valence-corrected chi connectivity index (χ4v) is 6.09. The topological polar surface area (TPSA) is 114 Å². The van der Waals surface area contributed by atoms with Crippen LogP contribution in [0.5, 0.6) is 5.75 Å². The molecule has 2 saturated heterocycles. The van der Waals surface area contributed by atoms with Gasteiger partial charge in [0.25, 0.3) is 5.91 Å². The summed E-state index contributed by atoms with van der Waals surface area (Å²) in [4.78, 5) is 26.6. The maximum absolute atomic E-state index is 13.5. The van der Waals surface area contributed by atoms with Crippen molar-refractivity contribution in [3.8, 4) is 5.75 Å². The van der Waals surface area contributed by atoms with E-state index in [1.54, 1.807) is 6.07 Å². The van der Waals surface area contributed by atoms with Crippen LogP contribution in [0.2, 0.25) is 5.02 Å². The maximum Gasteiger partial charge on any atom is 0.338 e. The molecule has 0 bridgehead atoms. The Morgan fingerprint density at radius 3 is 2.59 bits per heavy atom. The number of carbonyl (C=O) groups excluding carboxylic acids is 2. The summed E-state index contributed by atoms with van der Waals surface area (Å²) in [5.41, 5.74) is 0.926. The molecule has 1 amide bonds. The third-order valence-electron chi connectivity index (χ3n) is 6.31. The van der Waals surface area contributed by atoms with Crippen molar-refractivity contribution < 1.29 is 32.2 Å². The lowest BCUT2D eigenvalue weighted by atomic mass is 10.2. The van der Waals surface area contributed by atoms with Crippen LogP contribution in [0.3, 0.4) is 0 Å². The molecular formula is C25H30ClN3O7S. The van der Waals surface area contributed by atoms with Gasteiger partial charge in [-0.3, -0.25) is 4.79 Å². The van der Waals surface area contributed by atoms with Gasteiger partial charge >= 0.3 is 5.97 Å². The molecule has 0 unspecified atom stereocenters. The SMILES string of the molecule is COc1ccc(C(=O)OCC(=O)NC[C@H]2CCCO2)cc1S(=O)(=O)N1CCN(c2cccc(Cl)c2)CC1. The molecule has 2 fully saturated rings. The van der Waals surface area contributed by atoms with E-state index < -0.39 is 28.5 Å². The Hall–Kier alpha value is -2.86. The minimum absolute atomic E-state index is 0.00358. The number of esters is 1. The highest BCUT2D eigenvalue weighted by molar-refractivity contribution is 7.89. The minimum atomic E-state index is -3.97. The predicted molar refractivity (Wildman–Crippen MR) is 138 cm³/mol. The molecule has 12 heteroatoms. The number of rotatable bonds is 9. The van der Waals surface area contributed by atoms with Gasteiger partial charge in [0, 0.05) is 50.0 Å². The van der Waals surface area contributed by atoms with E-state index in [4.69, 9.17) is 25.8 Å². The number of benzene rings is 2. The van der Waals surface area contributed by atoms with Crippen molar-refractivity contribution in [3.05, 3.63) is 53.1 Å².